The molecule has 4 fully saturated rings. The lowest BCUT2D eigenvalue weighted by atomic mass is 9.96. The summed E-state index contributed by atoms with van der Waals surface area (Å²) in [6.07, 6.45) is 8.83. The number of fused-ring (bicyclic) bond motifs is 2. The van der Waals surface area contributed by atoms with Gasteiger partial charge in [-0.05, 0) is 95.0 Å². The number of anilines is 2. The molecule has 1 saturated carbocycles. The van der Waals surface area contributed by atoms with Gasteiger partial charge in [0.15, 0.2) is 0 Å². The third kappa shape index (κ3) is 6.23. The molecule has 0 spiro atoms. The first kappa shape index (κ1) is 28.5. The fourth-order valence-electron chi connectivity index (χ4n) is 6.88. The Morgan fingerprint density at radius 3 is 2.24 bits per heavy atom. The number of pyridine rings is 1. The lowest BCUT2D eigenvalue weighted by Crippen LogP contribution is -2.50. The summed E-state index contributed by atoms with van der Waals surface area (Å²) < 4.78 is 0. The van der Waals surface area contributed by atoms with Crippen LogP contribution in [0, 0.1) is 5.92 Å². The number of nitrogens with one attached hydrogen (secondary N) is 3. The normalized spacial score (nSPS) is 25.5. The zero-order valence-electron chi connectivity index (χ0n) is 24.6. The minimum absolute atomic E-state index is 0.0619. The van der Waals surface area contributed by atoms with Crippen molar-refractivity contribution in [1.29, 1.82) is 0 Å². The molecule has 0 radical (unpaired) electrons. The Morgan fingerprint density at radius 1 is 0.929 bits per heavy atom. The number of benzene rings is 1. The van der Waals surface area contributed by atoms with E-state index in [9.17, 15) is 14.4 Å². The average molecular weight is 574 g/mol. The molecule has 2 bridgehead atoms. The smallest absolute Gasteiger partial charge is 0.253 e. The topological polar surface area (TPSA) is 133 Å². The molecule has 2 aromatic rings. The molecule has 224 valence electrons. The highest BCUT2D eigenvalue weighted by Gasteiger charge is 2.42. The van der Waals surface area contributed by atoms with Gasteiger partial charge in [-0.1, -0.05) is 0 Å². The molecule has 42 heavy (non-hydrogen) atoms. The molecular formula is C32H43N7O3. The quantitative estimate of drug-likeness (QED) is 0.343. The van der Waals surface area contributed by atoms with Gasteiger partial charge in [0.25, 0.3) is 17.7 Å². The second-order valence-corrected chi connectivity index (χ2v) is 12.8. The average Bonchev–Trinajstić information content (AvgIpc) is 3.62. The van der Waals surface area contributed by atoms with E-state index in [1.165, 1.54) is 12.8 Å². The van der Waals surface area contributed by atoms with Gasteiger partial charge in [0, 0.05) is 67.3 Å². The van der Waals surface area contributed by atoms with Crippen LogP contribution in [-0.4, -0.2) is 77.4 Å². The zero-order valence-corrected chi connectivity index (χ0v) is 24.6. The summed E-state index contributed by atoms with van der Waals surface area (Å²) in [5.74, 6) is 0.816. The molecule has 4 atom stereocenters. The van der Waals surface area contributed by atoms with E-state index in [1.807, 2.05) is 12.1 Å². The van der Waals surface area contributed by atoms with E-state index in [0.29, 0.717) is 34.3 Å². The summed E-state index contributed by atoms with van der Waals surface area (Å²) in [5, 5.41) is 9.73. The Morgan fingerprint density at radius 2 is 1.62 bits per heavy atom. The molecule has 4 heterocycles. The maximum atomic E-state index is 13.2. The van der Waals surface area contributed by atoms with Crippen LogP contribution in [0.5, 0.6) is 0 Å². The van der Waals surface area contributed by atoms with E-state index < -0.39 is 5.91 Å². The molecule has 10 nitrogen and oxygen atoms in total. The van der Waals surface area contributed by atoms with E-state index in [0.717, 1.165) is 57.6 Å². The lowest BCUT2D eigenvalue weighted by molar-refractivity contribution is 0.0922. The van der Waals surface area contributed by atoms with Crippen molar-refractivity contribution in [2.75, 3.05) is 29.9 Å². The van der Waals surface area contributed by atoms with Crippen LogP contribution in [0.15, 0.2) is 36.5 Å². The first-order valence-corrected chi connectivity index (χ1v) is 15.5. The molecule has 1 aromatic carbocycles. The number of likely N-dealkylation sites (tertiary alicyclic amines) is 1. The lowest BCUT2D eigenvalue weighted by Gasteiger charge is -2.40. The Kier molecular flexibility index (Phi) is 8.07. The summed E-state index contributed by atoms with van der Waals surface area (Å²) in [7, 11) is 0. The minimum Gasteiger partial charge on any atom is -0.384 e. The molecular weight excluding hydrogens is 530 g/mol. The standard InChI is InChI=1S/C32H43N7O3/c1-19(2)38-12-11-23(18-38)36-32(42)22-6-10-29(35-17-22)39-25-7-8-26(39)15-24(14-25)37-31(41)21-5-9-27(30(33)40)28(13-21)34-16-20-3-4-20/h5-6,9-10,13,17,19-20,23-26,34H,3-4,7-8,11-12,14-16,18H2,1-2H3,(H2,33,40)(H,36,42)(H,37,41)/t23-,24-,25+,26-/m1/s1. The molecule has 10 heteroatoms. The highest BCUT2D eigenvalue weighted by molar-refractivity contribution is 6.02. The number of nitrogens with zero attached hydrogens (tertiary/aromatic N) is 3. The molecule has 5 N–H and O–H groups in total. The maximum absolute atomic E-state index is 13.2. The number of carbonyl (C=O) groups is 3. The number of aromatic nitrogens is 1. The van der Waals surface area contributed by atoms with Gasteiger partial charge in [-0.15, -0.1) is 0 Å². The Labute approximate surface area is 247 Å². The van der Waals surface area contributed by atoms with Crippen LogP contribution in [0.3, 0.4) is 0 Å². The fourth-order valence-corrected chi connectivity index (χ4v) is 6.88. The molecule has 3 saturated heterocycles. The van der Waals surface area contributed by atoms with Gasteiger partial charge in [-0.2, -0.15) is 0 Å². The van der Waals surface area contributed by atoms with Crippen LogP contribution in [0.25, 0.3) is 0 Å². The van der Waals surface area contributed by atoms with Crippen molar-refractivity contribution < 1.29 is 14.4 Å². The van der Waals surface area contributed by atoms with E-state index >= 15 is 0 Å². The number of rotatable bonds is 10. The summed E-state index contributed by atoms with van der Waals surface area (Å²) in [6.45, 7) is 7.06. The van der Waals surface area contributed by atoms with Gasteiger partial charge in [0.2, 0.25) is 0 Å². The van der Waals surface area contributed by atoms with Gasteiger partial charge in [0.05, 0.1) is 11.1 Å². The number of nitrogens with two attached hydrogens (primary N) is 1. The predicted octanol–water partition coefficient (Wildman–Crippen LogP) is 3.14. The van der Waals surface area contributed by atoms with Crippen LogP contribution in [-0.2, 0) is 0 Å². The second-order valence-electron chi connectivity index (χ2n) is 12.8. The van der Waals surface area contributed by atoms with Crippen LogP contribution in [0.4, 0.5) is 11.5 Å². The van der Waals surface area contributed by atoms with Crippen LogP contribution in [0.1, 0.15) is 89.9 Å². The van der Waals surface area contributed by atoms with Crippen molar-refractivity contribution in [3.8, 4) is 0 Å². The highest BCUT2D eigenvalue weighted by Crippen LogP contribution is 2.39. The van der Waals surface area contributed by atoms with E-state index in [4.69, 9.17) is 10.7 Å². The van der Waals surface area contributed by atoms with E-state index in [2.05, 4.69) is 39.6 Å². The molecule has 1 aromatic heterocycles. The van der Waals surface area contributed by atoms with Gasteiger partial charge in [-0.3, -0.25) is 19.3 Å². The second kappa shape index (κ2) is 11.9. The van der Waals surface area contributed by atoms with Crippen molar-refractivity contribution in [3.05, 3.63) is 53.2 Å². The SMILES string of the molecule is CC(C)N1CC[C@@H](NC(=O)c2ccc(N3[C@@H]4CC[C@H]3C[C@@H](NC(=O)c3ccc(C(N)=O)c(NCC5CC5)c3)C4)nc2)C1. The molecule has 3 amide bonds. The summed E-state index contributed by atoms with van der Waals surface area (Å²) >= 11 is 0. The summed E-state index contributed by atoms with van der Waals surface area (Å²) in [4.78, 5) is 47.5. The van der Waals surface area contributed by atoms with E-state index in [-0.39, 0.29) is 36.0 Å². The number of hydrogen-bond acceptors (Lipinski definition) is 7. The van der Waals surface area contributed by atoms with Gasteiger partial charge in [-0.25, -0.2) is 4.98 Å². The Bertz CT molecular complexity index is 1310. The van der Waals surface area contributed by atoms with Gasteiger partial charge in [0.1, 0.15) is 5.82 Å². The monoisotopic (exact) mass is 573 g/mol. The fraction of sp³-hybridized carbons (Fsp3) is 0.562. The number of hydrogen-bond donors (Lipinski definition) is 4. The zero-order chi connectivity index (χ0) is 29.4. The number of carbonyl (C=O) groups excluding carboxylic acids is 3. The summed E-state index contributed by atoms with van der Waals surface area (Å²) in [6, 6.07) is 10.2. The van der Waals surface area contributed by atoms with Crippen molar-refractivity contribution in [2.24, 2.45) is 11.7 Å². The third-order valence-corrected chi connectivity index (χ3v) is 9.45. The first-order valence-electron chi connectivity index (χ1n) is 15.5. The van der Waals surface area contributed by atoms with E-state index in [1.54, 1.807) is 24.4 Å². The van der Waals surface area contributed by atoms with Crippen molar-refractivity contribution in [1.82, 2.24) is 20.5 Å². The number of piperidine rings is 1. The Balaban J connectivity index is 1.05. The maximum Gasteiger partial charge on any atom is 0.253 e. The molecule has 3 aliphatic heterocycles. The largest absolute Gasteiger partial charge is 0.384 e. The van der Waals surface area contributed by atoms with Crippen LogP contribution < -0.4 is 26.6 Å². The van der Waals surface area contributed by atoms with Crippen molar-refractivity contribution in [2.45, 2.75) is 89.0 Å². The minimum atomic E-state index is -0.502. The molecule has 1 aliphatic carbocycles. The Hall–Kier alpha value is -3.66. The predicted molar refractivity (Wildman–Crippen MR) is 163 cm³/mol. The number of amides is 3. The number of primary amides is 1. The molecule has 0 unspecified atom stereocenters. The first-order chi connectivity index (χ1) is 20.2. The molecule has 6 rings (SSSR count). The van der Waals surface area contributed by atoms with Crippen LogP contribution in [0.2, 0.25) is 0 Å². The highest BCUT2D eigenvalue weighted by atomic mass is 16.2. The van der Waals surface area contributed by atoms with Gasteiger partial charge >= 0.3 is 0 Å². The molecule has 4 aliphatic rings. The third-order valence-electron chi connectivity index (χ3n) is 9.45. The van der Waals surface area contributed by atoms with Crippen molar-refractivity contribution >= 4 is 29.2 Å². The summed E-state index contributed by atoms with van der Waals surface area (Å²) in [5.41, 5.74) is 7.72. The van der Waals surface area contributed by atoms with Crippen molar-refractivity contribution in [3.63, 3.8) is 0 Å². The van der Waals surface area contributed by atoms with Crippen LogP contribution >= 0.6 is 0 Å². The van der Waals surface area contributed by atoms with Gasteiger partial charge < -0.3 is 26.6 Å².